The van der Waals surface area contributed by atoms with Crippen LogP contribution >= 0.6 is 0 Å². The van der Waals surface area contributed by atoms with Gasteiger partial charge in [0.25, 0.3) is 0 Å². The number of aliphatic hydroxyl groups is 1. The van der Waals surface area contributed by atoms with Crippen LogP contribution in [0.5, 0.6) is 0 Å². The Balaban J connectivity index is 0.00000169. The van der Waals surface area contributed by atoms with E-state index in [-0.39, 0.29) is 29.6 Å². The van der Waals surface area contributed by atoms with Crippen LogP contribution in [-0.2, 0) is 6.42 Å². The maximum Gasteiger partial charge on any atom is 1.00 e. The van der Waals surface area contributed by atoms with Crippen LogP contribution in [0.1, 0.15) is 24.2 Å². The van der Waals surface area contributed by atoms with E-state index >= 15 is 0 Å². The van der Waals surface area contributed by atoms with E-state index in [2.05, 4.69) is 6.58 Å². The normalized spacial score (nSPS) is 11.6. The van der Waals surface area contributed by atoms with E-state index in [0.717, 1.165) is 12.0 Å². The third-order valence-corrected chi connectivity index (χ3v) is 2.04. The molecule has 0 aliphatic carbocycles. The van der Waals surface area contributed by atoms with Gasteiger partial charge in [-0.1, -0.05) is 31.2 Å². The summed E-state index contributed by atoms with van der Waals surface area (Å²) in [4.78, 5) is 0. The summed E-state index contributed by atoms with van der Waals surface area (Å²) in [5, 5.41) is 20.3. The minimum atomic E-state index is -1.07. The van der Waals surface area contributed by atoms with E-state index in [9.17, 15) is 10.2 Å². The largest absolute Gasteiger partial charge is 1.00 e. The number of benzene rings is 1. The molecule has 1 atom stereocenters. The Kier molecular flexibility index (Phi) is 6.12. The van der Waals surface area contributed by atoms with Crippen molar-refractivity contribution >= 4 is 0 Å². The minimum absolute atomic E-state index is 0. The summed E-state index contributed by atoms with van der Waals surface area (Å²) < 4.78 is 0. The summed E-state index contributed by atoms with van der Waals surface area (Å²) in [5.41, 5.74) is 1.66. The number of hydrogen-bond acceptors (Lipinski definition) is 2. The van der Waals surface area contributed by atoms with Crippen LogP contribution in [0.4, 0.5) is 0 Å². The van der Waals surface area contributed by atoms with Crippen LogP contribution in [0.3, 0.4) is 0 Å². The Labute approximate surface area is 107 Å². The molecular weight excluding hydrogens is 187 g/mol. The number of rotatable bonds is 3. The molecule has 1 aromatic rings. The molecule has 0 aromatic heterocycles. The molecule has 0 spiro atoms. The Morgan fingerprint density at radius 2 is 2.07 bits per heavy atom. The van der Waals surface area contributed by atoms with Crippen molar-refractivity contribution in [1.29, 1.82) is 0 Å². The van der Waals surface area contributed by atoms with Crippen LogP contribution in [-0.4, -0.2) is 5.11 Å². The van der Waals surface area contributed by atoms with Crippen LogP contribution in [0, 0.1) is 0 Å². The maximum absolute atomic E-state index is 10.9. The molecule has 3 heteroatoms. The second-order valence-corrected chi connectivity index (χ2v) is 2.92. The summed E-state index contributed by atoms with van der Waals surface area (Å²) >= 11 is 0. The molecule has 0 fully saturated rings. The molecule has 0 saturated heterocycles. The number of hydrogen-bond donors (Lipinski definition) is 1. The fourth-order valence-electron chi connectivity index (χ4n) is 1.30. The minimum Gasteiger partial charge on any atom is -0.874 e. The SMILES string of the molecule is C=C([O-])C(O)c1ccccc1CC.[Na+]. The summed E-state index contributed by atoms with van der Waals surface area (Å²) in [6, 6.07) is 7.36. The molecule has 0 radical (unpaired) electrons. The monoisotopic (exact) mass is 200 g/mol. The third kappa shape index (κ3) is 3.14. The van der Waals surface area contributed by atoms with E-state index in [1.165, 1.54) is 0 Å². The van der Waals surface area contributed by atoms with Crippen molar-refractivity contribution < 1.29 is 39.8 Å². The summed E-state index contributed by atoms with van der Waals surface area (Å²) in [5.74, 6) is -0.457. The van der Waals surface area contributed by atoms with Gasteiger partial charge < -0.3 is 10.2 Å². The van der Waals surface area contributed by atoms with E-state index < -0.39 is 11.9 Å². The standard InChI is InChI=1S/C11H14O2.Na/c1-3-9-6-4-5-7-10(9)11(13)8(2)12;/h4-7,11-13H,2-3H2,1H3;/q;+1/p-1. The first-order valence-corrected chi connectivity index (χ1v) is 4.28. The fraction of sp³-hybridized carbons (Fsp3) is 0.273. The van der Waals surface area contributed by atoms with Gasteiger partial charge in [-0.3, -0.25) is 0 Å². The quantitative estimate of drug-likeness (QED) is 0.460. The summed E-state index contributed by atoms with van der Waals surface area (Å²) in [7, 11) is 0. The van der Waals surface area contributed by atoms with Crippen molar-refractivity contribution in [2.24, 2.45) is 0 Å². The Morgan fingerprint density at radius 3 is 2.57 bits per heavy atom. The van der Waals surface area contributed by atoms with Gasteiger partial charge in [-0.15, -0.1) is 12.3 Å². The van der Waals surface area contributed by atoms with Gasteiger partial charge >= 0.3 is 29.6 Å². The van der Waals surface area contributed by atoms with Gasteiger partial charge in [-0.25, -0.2) is 0 Å². The van der Waals surface area contributed by atoms with Crippen molar-refractivity contribution in [2.45, 2.75) is 19.4 Å². The average molecular weight is 200 g/mol. The Morgan fingerprint density at radius 1 is 1.50 bits per heavy atom. The van der Waals surface area contributed by atoms with Crippen molar-refractivity contribution in [2.75, 3.05) is 0 Å². The second-order valence-electron chi connectivity index (χ2n) is 2.92. The first-order chi connectivity index (χ1) is 6.16. The zero-order chi connectivity index (χ0) is 9.84. The predicted molar refractivity (Wildman–Crippen MR) is 49.9 cm³/mol. The second kappa shape index (κ2) is 6.25. The zero-order valence-corrected chi connectivity index (χ0v) is 10.7. The topological polar surface area (TPSA) is 43.3 Å². The molecule has 14 heavy (non-hydrogen) atoms. The van der Waals surface area contributed by atoms with Gasteiger partial charge in [0.15, 0.2) is 0 Å². The molecule has 1 rings (SSSR count). The maximum atomic E-state index is 10.9. The molecule has 70 valence electrons. The van der Waals surface area contributed by atoms with E-state index in [1.807, 2.05) is 19.1 Å². The van der Waals surface area contributed by atoms with Crippen molar-refractivity contribution in [3.63, 3.8) is 0 Å². The molecule has 0 aliphatic rings. The number of aryl methyl sites for hydroxylation is 1. The molecule has 0 aliphatic heterocycles. The van der Waals surface area contributed by atoms with Crippen molar-refractivity contribution in [3.8, 4) is 0 Å². The summed E-state index contributed by atoms with van der Waals surface area (Å²) in [6.07, 6.45) is -0.267. The molecule has 0 saturated carbocycles. The van der Waals surface area contributed by atoms with Crippen molar-refractivity contribution in [3.05, 3.63) is 47.7 Å². The van der Waals surface area contributed by atoms with E-state index in [4.69, 9.17) is 0 Å². The first kappa shape index (κ1) is 13.7. The molecule has 1 aromatic carbocycles. The van der Waals surface area contributed by atoms with E-state index in [0.29, 0.717) is 5.56 Å². The van der Waals surface area contributed by atoms with E-state index in [1.54, 1.807) is 12.1 Å². The van der Waals surface area contributed by atoms with Gasteiger partial charge in [0.2, 0.25) is 0 Å². The molecular formula is C11H13NaO2. The van der Waals surface area contributed by atoms with Gasteiger partial charge in [0, 0.05) is 0 Å². The van der Waals surface area contributed by atoms with Gasteiger partial charge in [0.1, 0.15) is 0 Å². The van der Waals surface area contributed by atoms with Gasteiger partial charge in [-0.2, -0.15) is 0 Å². The third-order valence-electron chi connectivity index (χ3n) is 2.04. The van der Waals surface area contributed by atoms with Crippen LogP contribution in [0.25, 0.3) is 0 Å². The Bertz CT molecular complexity index is 310. The molecule has 0 amide bonds. The van der Waals surface area contributed by atoms with Crippen LogP contribution < -0.4 is 34.7 Å². The van der Waals surface area contributed by atoms with Gasteiger partial charge in [0.05, 0.1) is 6.10 Å². The smallest absolute Gasteiger partial charge is 0.874 e. The fourth-order valence-corrected chi connectivity index (χ4v) is 1.30. The molecule has 2 nitrogen and oxygen atoms in total. The van der Waals surface area contributed by atoms with Gasteiger partial charge in [-0.05, 0) is 17.5 Å². The molecule has 0 heterocycles. The molecule has 0 bridgehead atoms. The first-order valence-electron chi connectivity index (χ1n) is 4.28. The zero-order valence-electron chi connectivity index (χ0n) is 8.66. The predicted octanol–water partition coefficient (Wildman–Crippen LogP) is -1.84. The Hall–Kier alpha value is -0.280. The molecule has 1 N–H and O–H groups in total. The number of aliphatic hydroxyl groups excluding tert-OH is 1. The van der Waals surface area contributed by atoms with Crippen molar-refractivity contribution in [1.82, 2.24) is 0 Å². The van der Waals surface area contributed by atoms with Crippen LogP contribution in [0.15, 0.2) is 36.6 Å². The summed E-state index contributed by atoms with van der Waals surface area (Å²) in [6.45, 7) is 5.19. The average Bonchev–Trinajstić information content (AvgIpc) is 2.16. The molecule has 1 unspecified atom stereocenters. The van der Waals surface area contributed by atoms with Crippen LogP contribution in [0.2, 0.25) is 0 Å².